The maximum atomic E-state index is 12.6. The Bertz CT molecular complexity index is 762. The highest BCUT2D eigenvalue weighted by Gasteiger charge is 2.18. The molecule has 0 saturated carbocycles. The molecule has 1 amide bonds. The minimum atomic E-state index is -0.254. The topological polar surface area (TPSA) is 66.0 Å². The lowest BCUT2D eigenvalue weighted by Gasteiger charge is -2.18. The van der Waals surface area contributed by atoms with Crippen LogP contribution in [0.15, 0.2) is 30.3 Å². The van der Waals surface area contributed by atoms with Crippen molar-refractivity contribution in [1.82, 2.24) is 0 Å². The minimum Gasteiger partial charge on any atom is -0.493 e. The molecule has 3 rings (SSSR count). The van der Waals surface area contributed by atoms with Crippen LogP contribution in [0.5, 0.6) is 23.0 Å². The van der Waals surface area contributed by atoms with Crippen molar-refractivity contribution in [3.05, 3.63) is 41.5 Å². The van der Waals surface area contributed by atoms with Crippen LogP contribution in [0.3, 0.4) is 0 Å². The van der Waals surface area contributed by atoms with Crippen LogP contribution >= 0.6 is 0 Å². The van der Waals surface area contributed by atoms with Crippen molar-refractivity contribution in [2.75, 3.05) is 33.3 Å². The molecule has 1 N–H and O–H groups in total. The second-order valence-corrected chi connectivity index (χ2v) is 5.64. The summed E-state index contributed by atoms with van der Waals surface area (Å²) < 4.78 is 21.5. The average Bonchev–Trinajstić information content (AvgIpc) is 2.66. The van der Waals surface area contributed by atoms with Gasteiger partial charge in [-0.15, -0.1) is 0 Å². The number of hydrogen-bond donors (Lipinski definition) is 1. The average molecular weight is 343 g/mol. The number of amides is 1. The summed E-state index contributed by atoms with van der Waals surface area (Å²) >= 11 is 0. The van der Waals surface area contributed by atoms with E-state index in [-0.39, 0.29) is 5.91 Å². The zero-order chi connectivity index (χ0) is 17.8. The van der Waals surface area contributed by atoms with E-state index in [1.54, 1.807) is 12.1 Å². The fourth-order valence-electron chi connectivity index (χ4n) is 2.85. The first-order valence-corrected chi connectivity index (χ1v) is 8.03. The van der Waals surface area contributed by atoms with E-state index in [0.717, 1.165) is 36.4 Å². The summed E-state index contributed by atoms with van der Waals surface area (Å²) in [7, 11) is 4.56. The lowest BCUT2D eigenvalue weighted by molar-refractivity contribution is 0.102. The number of ether oxygens (including phenoxy) is 4. The van der Waals surface area contributed by atoms with Gasteiger partial charge in [0.1, 0.15) is 5.75 Å². The Hall–Kier alpha value is -2.89. The molecule has 0 spiro atoms. The predicted molar refractivity (Wildman–Crippen MR) is 94.3 cm³/mol. The molecule has 0 unspecified atom stereocenters. The number of fused-ring (bicyclic) bond motifs is 1. The van der Waals surface area contributed by atoms with Crippen molar-refractivity contribution in [3.8, 4) is 23.0 Å². The van der Waals surface area contributed by atoms with E-state index in [1.807, 2.05) is 18.2 Å². The SMILES string of the molecule is COc1cc(C(=O)Nc2ccc3c(c2)CCCO3)cc(OC)c1OC. The van der Waals surface area contributed by atoms with E-state index in [1.165, 1.54) is 21.3 Å². The van der Waals surface area contributed by atoms with Gasteiger partial charge in [-0.05, 0) is 48.7 Å². The minimum absolute atomic E-state index is 0.254. The zero-order valence-corrected chi connectivity index (χ0v) is 14.5. The molecule has 0 aliphatic carbocycles. The first-order valence-electron chi connectivity index (χ1n) is 8.03. The molecular formula is C19H21NO5. The van der Waals surface area contributed by atoms with E-state index < -0.39 is 0 Å². The molecule has 0 saturated heterocycles. The van der Waals surface area contributed by atoms with Gasteiger partial charge in [0.25, 0.3) is 5.91 Å². The Morgan fingerprint density at radius 2 is 1.76 bits per heavy atom. The number of benzene rings is 2. The Labute approximate surface area is 146 Å². The van der Waals surface area contributed by atoms with Gasteiger partial charge in [-0.3, -0.25) is 4.79 Å². The lowest BCUT2D eigenvalue weighted by atomic mass is 10.1. The maximum absolute atomic E-state index is 12.6. The lowest BCUT2D eigenvalue weighted by Crippen LogP contribution is -2.14. The molecule has 1 aliphatic rings. The molecule has 2 aromatic rings. The van der Waals surface area contributed by atoms with Gasteiger partial charge in [0.2, 0.25) is 5.75 Å². The summed E-state index contributed by atoms with van der Waals surface area (Å²) in [4.78, 5) is 12.6. The van der Waals surface area contributed by atoms with Crippen LogP contribution in [-0.2, 0) is 6.42 Å². The molecule has 25 heavy (non-hydrogen) atoms. The van der Waals surface area contributed by atoms with E-state index in [9.17, 15) is 4.79 Å². The van der Waals surface area contributed by atoms with Gasteiger partial charge in [0, 0.05) is 11.3 Å². The highest BCUT2D eigenvalue weighted by molar-refractivity contribution is 6.05. The molecular weight excluding hydrogens is 322 g/mol. The van der Waals surface area contributed by atoms with E-state index in [0.29, 0.717) is 22.8 Å². The van der Waals surface area contributed by atoms with Gasteiger partial charge in [-0.1, -0.05) is 0 Å². The molecule has 6 heteroatoms. The summed E-state index contributed by atoms with van der Waals surface area (Å²) in [5.41, 5.74) is 2.25. The summed E-state index contributed by atoms with van der Waals surface area (Å²) in [6.07, 6.45) is 1.93. The normalized spacial score (nSPS) is 12.6. The first-order chi connectivity index (χ1) is 12.2. The van der Waals surface area contributed by atoms with Crippen LogP contribution in [0.25, 0.3) is 0 Å². The molecule has 0 radical (unpaired) electrons. The summed E-state index contributed by atoms with van der Waals surface area (Å²) in [6, 6.07) is 8.92. The molecule has 6 nitrogen and oxygen atoms in total. The highest BCUT2D eigenvalue weighted by Crippen LogP contribution is 2.38. The number of aryl methyl sites for hydroxylation is 1. The molecule has 0 fully saturated rings. The number of anilines is 1. The summed E-state index contributed by atoms with van der Waals surface area (Å²) in [6.45, 7) is 0.740. The van der Waals surface area contributed by atoms with Crippen LogP contribution in [0.4, 0.5) is 5.69 Å². The molecule has 2 aromatic carbocycles. The van der Waals surface area contributed by atoms with Gasteiger partial charge < -0.3 is 24.3 Å². The number of carbonyl (C=O) groups is 1. The third kappa shape index (κ3) is 3.47. The van der Waals surface area contributed by atoms with Crippen LogP contribution in [0.2, 0.25) is 0 Å². The molecule has 1 aliphatic heterocycles. The van der Waals surface area contributed by atoms with Crippen LogP contribution in [-0.4, -0.2) is 33.8 Å². The van der Waals surface area contributed by atoms with Crippen molar-refractivity contribution in [2.45, 2.75) is 12.8 Å². The van der Waals surface area contributed by atoms with Gasteiger partial charge in [-0.2, -0.15) is 0 Å². The predicted octanol–water partition coefficient (Wildman–Crippen LogP) is 3.29. The molecule has 0 aromatic heterocycles. The Morgan fingerprint density at radius 3 is 2.40 bits per heavy atom. The fourth-order valence-corrected chi connectivity index (χ4v) is 2.85. The molecule has 0 atom stereocenters. The van der Waals surface area contributed by atoms with E-state index in [2.05, 4.69) is 5.32 Å². The van der Waals surface area contributed by atoms with Crippen LogP contribution in [0.1, 0.15) is 22.3 Å². The second kappa shape index (κ2) is 7.34. The van der Waals surface area contributed by atoms with Crippen molar-refractivity contribution in [1.29, 1.82) is 0 Å². The van der Waals surface area contributed by atoms with E-state index >= 15 is 0 Å². The van der Waals surface area contributed by atoms with Crippen molar-refractivity contribution < 1.29 is 23.7 Å². The standard InChI is InChI=1S/C19H21NO5/c1-22-16-10-13(11-17(23-2)18(16)24-3)19(21)20-14-6-7-15-12(9-14)5-4-8-25-15/h6-7,9-11H,4-5,8H2,1-3H3,(H,20,21). The number of methoxy groups -OCH3 is 3. The third-order valence-electron chi connectivity index (χ3n) is 4.09. The quantitative estimate of drug-likeness (QED) is 0.902. The number of carbonyl (C=O) groups excluding carboxylic acids is 1. The van der Waals surface area contributed by atoms with Crippen molar-refractivity contribution in [2.24, 2.45) is 0 Å². The van der Waals surface area contributed by atoms with Gasteiger partial charge in [0.05, 0.1) is 27.9 Å². The summed E-state index contributed by atoms with van der Waals surface area (Å²) in [5.74, 6) is 1.96. The number of hydrogen-bond acceptors (Lipinski definition) is 5. The van der Waals surface area contributed by atoms with Crippen molar-refractivity contribution in [3.63, 3.8) is 0 Å². The second-order valence-electron chi connectivity index (χ2n) is 5.64. The van der Waals surface area contributed by atoms with Gasteiger partial charge in [-0.25, -0.2) is 0 Å². The largest absolute Gasteiger partial charge is 0.493 e. The molecule has 0 bridgehead atoms. The van der Waals surface area contributed by atoms with Gasteiger partial charge in [0.15, 0.2) is 11.5 Å². The Morgan fingerprint density at radius 1 is 1.04 bits per heavy atom. The zero-order valence-electron chi connectivity index (χ0n) is 14.5. The van der Waals surface area contributed by atoms with Crippen LogP contribution in [0, 0.1) is 0 Å². The van der Waals surface area contributed by atoms with E-state index in [4.69, 9.17) is 18.9 Å². The molecule has 1 heterocycles. The Balaban J connectivity index is 1.86. The third-order valence-corrected chi connectivity index (χ3v) is 4.09. The smallest absolute Gasteiger partial charge is 0.255 e. The van der Waals surface area contributed by atoms with Crippen LogP contribution < -0.4 is 24.3 Å². The monoisotopic (exact) mass is 343 g/mol. The maximum Gasteiger partial charge on any atom is 0.255 e. The molecule has 132 valence electrons. The summed E-state index contributed by atoms with van der Waals surface area (Å²) in [5, 5.41) is 2.90. The Kier molecular flexibility index (Phi) is 4.97. The fraction of sp³-hybridized carbons (Fsp3) is 0.316. The highest BCUT2D eigenvalue weighted by atomic mass is 16.5. The first kappa shape index (κ1) is 17.0. The number of nitrogens with one attached hydrogen (secondary N) is 1. The van der Waals surface area contributed by atoms with Crippen molar-refractivity contribution >= 4 is 11.6 Å². The number of rotatable bonds is 5. The van der Waals surface area contributed by atoms with Gasteiger partial charge >= 0.3 is 0 Å².